The molecule has 2 N–H and O–H groups in total. The van der Waals surface area contributed by atoms with Crippen molar-refractivity contribution in [2.45, 2.75) is 13.0 Å². The Kier molecular flexibility index (Phi) is 7.62. The van der Waals surface area contributed by atoms with Crippen LogP contribution >= 0.6 is 35.0 Å². The van der Waals surface area contributed by atoms with Gasteiger partial charge in [0.05, 0.1) is 17.5 Å². The maximum absolute atomic E-state index is 12.0. The van der Waals surface area contributed by atoms with Gasteiger partial charge >= 0.3 is 0 Å². The molecule has 0 saturated heterocycles. The second-order valence-corrected chi connectivity index (χ2v) is 7.25. The summed E-state index contributed by atoms with van der Waals surface area (Å²) in [7, 11) is 0. The number of rotatable bonds is 7. The molecule has 2 aromatic rings. The van der Waals surface area contributed by atoms with Crippen LogP contribution in [0.15, 0.2) is 48.5 Å². The lowest BCUT2D eigenvalue weighted by atomic mass is 10.1. The molecule has 0 aliphatic carbocycles. The Labute approximate surface area is 161 Å². The summed E-state index contributed by atoms with van der Waals surface area (Å²) in [6.07, 6.45) is 0. The quantitative estimate of drug-likeness (QED) is 0.721. The van der Waals surface area contributed by atoms with Crippen molar-refractivity contribution in [2.24, 2.45) is 0 Å². The molecule has 132 valence electrons. The van der Waals surface area contributed by atoms with E-state index < -0.39 is 0 Å². The number of thioether (sulfide) groups is 1. The summed E-state index contributed by atoms with van der Waals surface area (Å²) in [6.45, 7) is 1.89. The van der Waals surface area contributed by atoms with E-state index >= 15 is 0 Å². The predicted molar refractivity (Wildman–Crippen MR) is 105 cm³/mol. The van der Waals surface area contributed by atoms with Gasteiger partial charge in [0.15, 0.2) is 0 Å². The minimum absolute atomic E-state index is 0.128. The SMILES string of the molecule is C[C@@H](NC(=O)CSCC(=O)Nc1ccc(Cl)cc1)c1cccc(Cl)c1. The standard InChI is InChI=1S/C18H18Cl2N2O2S/c1-12(13-3-2-4-15(20)9-13)21-17(23)10-25-11-18(24)22-16-7-5-14(19)6-8-16/h2-9,12H,10-11H2,1H3,(H,21,23)(H,22,24)/t12-/m1/s1. The largest absolute Gasteiger partial charge is 0.349 e. The van der Waals surface area contributed by atoms with Gasteiger partial charge in [-0.3, -0.25) is 9.59 Å². The van der Waals surface area contributed by atoms with Gasteiger partial charge in [0.2, 0.25) is 11.8 Å². The highest BCUT2D eigenvalue weighted by Gasteiger charge is 2.11. The summed E-state index contributed by atoms with van der Waals surface area (Å²) in [4.78, 5) is 23.8. The molecule has 0 heterocycles. The fourth-order valence-corrected chi connectivity index (χ4v) is 3.06. The second-order valence-electron chi connectivity index (χ2n) is 5.39. The molecule has 0 fully saturated rings. The Morgan fingerprint density at radius 1 is 1.00 bits per heavy atom. The monoisotopic (exact) mass is 396 g/mol. The smallest absolute Gasteiger partial charge is 0.234 e. The van der Waals surface area contributed by atoms with Crippen LogP contribution in [0.4, 0.5) is 5.69 Å². The number of carbonyl (C=O) groups excluding carboxylic acids is 2. The molecule has 4 nitrogen and oxygen atoms in total. The molecule has 0 spiro atoms. The van der Waals surface area contributed by atoms with Crippen molar-refractivity contribution in [3.05, 3.63) is 64.1 Å². The van der Waals surface area contributed by atoms with Crippen LogP contribution in [-0.4, -0.2) is 23.3 Å². The van der Waals surface area contributed by atoms with Crippen molar-refractivity contribution in [2.75, 3.05) is 16.8 Å². The molecule has 7 heteroatoms. The number of nitrogens with one attached hydrogen (secondary N) is 2. The molecule has 0 unspecified atom stereocenters. The topological polar surface area (TPSA) is 58.2 Å². The van der Waals surface area contributed by atoms with E-state index in [1.54, 1.807) is 30.3 Å². The maximum atomic E-state index is 12.0. The average Bonchev–Trinajstić information content (AvgIpc) is 2.57. The zero-order valence-corrected chi connectivity index (χ0v) is 15.9. The fourth-order valence-electron chi connectivity index (χ4n) is 2.11. The highest BCUT2D eigenvalue weighted by molar-refractivity contribution is 8.00. The molecule has 0 saturated carbocycles. The van der Waals surface area contributed by atoms with Crippen molar-refractivity contribution < 1.29 is 9.59 Å². The van der Waals surface area contributed by atoms with Crippen LogP contribution in [0.1, 0.15) is 18.5 Å². The first-order chi connectivity index (χ1) is 11.9. The normalized spacial score (nSPS) is 11.6. The van der Waals surface area contributed by atoms with Crippen LogP contribution < -0.4 is 10.6 Å². The van der Waals surface area contributed by atoms with Gasteiger partial charge in [-0.25, -0.2) is 0 Å². The molecule has 2 aromatic carbocycles. The first-order valence-corrected chi connectivity index (χ1v) is 9.53. The van der Waals surface area contributed by atoms with E-state index in [1.165, 1.54) is 11.8 Å². The third-order valence-corrected chi connectivity index (χ3v) is 4.74. The first-order valence-electron chi connectivity index (χ1n) is 7.62. The van der Waals surface area contributed by atoms with Gasteiger partial charge in [-0.1, -0.05) is 35.3 Å². The van der Waals surface area contributed by atoms with Crippen LogP contribution in [0.3, 0.4) is 0 Å². The zero-order chi connectivity index (χ0) is 18.2. The van der Waals surface area contributed by atoms with Crippen LogP contribution in [0.25, 0.3) is 0 Å². The van der Waals surface area contributed by atoms with E-state index in [0.717, 1.165) is 5.56 Å². The Balaban J connectivity index is 1.71. The summed E-state index contributed by atoms with van der Waals surface area (Å²) in [5.41, 5.74) is 1.61. The highest BCUT2D eigenvalue weighted by atomic mass is 35.5. The summed E-state index contributed by atoms with van der Waals surface area (Å²) >= 11 is 13.0. The summed E-state index contributed by atoms with van der Waals surface area (Å²) in [5, 5.41) is 6.88. The Bertz CT molecular complexity index is 738. The van der Waals surface area contributed by atoms with Gasteiger partial charge in [-0.15, -0.1) is 11.8 Å². The number of anilines is 1. The molecule has 0 aliphatic heterocycles. The van der Waals surface area contributed by atoms with Gasteiger partial charge in [-0.05, 0) is 48.9 Å². The number of benzene rings is 2. The van der Waals surface area contributed by atoms with E-state index in [-0.39, 0.29) is 29.4 Å². The molecule has 0 radical (unpaired) electrons. The Hall–Kier alpha value is -1.69. The van der Waals surface area contributed by atoms with Gasteiger partial charge in [0.1, 0.15) is 0 Å². The van der Waals surface area contributed by atoms with Crippen LogP contribution in [-0.2, 0) is 9.59 Å². The average molecular weight is 397 g/mol. The molecule has 2 amide bonds. The van der Waals surface area contributed by atoms with E-state index in [0.29, 0.717) is 15.7 Å². The molecule has 0 aliphatic rings. The molecular formula is C18H18Cl2N2O2S. The number of carbonyl (C=O) groups is 2. The number of halogens is 2. The van der Waals surface area contributed by atoms with Crippen LogP contribution in [0, 0.1) is 0 Å². The minimum Gasteiger partial charge on any atom is -0.349 e. The van der Waals surface area contributed by atoms with Gasteiger partial charge < -0.3 is 10.6 Å². The van der Waals surface area contributed by atoms with Gasteiger partial charge in [0, 0.05) is 15.7 Å². The number of amides is 2. The summed E-state index contributed by atoms with van der Waals surface area (Å²) < 4.78 is 0. The van der Waals surface area contributed by atoms with Gasteiger partial charge in [-0.2, -0.15) is 0 Å². The van der Waals surface area contributed by atoms with E-state index in [1.807, 2.05) is 25.1 Å². The predicted octanol–water partition coefficient (Wildman–Crippen LogP) is 4.54. The highest BCUT2D eigenvalue weighted by Crippen LogP contribution is 2.17. The molecule has 2 rings (SSSR count). The zero-order valence-electron chi connectivity index (χ0n) is 13.6. The number of hydrogen-bond donors (Lipinski definition) is 2. The number of hydrogen-bond acceptors (Lipinski definition) is 3. The molecule has 25 heavy (non-hydrogen) atoms. The molecule has 0 bridgehead atoms. The van der Waals surface area contributed by atoms with Crippen molar-refractivity contribution in [3.63, 3.8) is 0 Å². The summed E-state index contributed by atoms with van der Waals surface area (Å²) in [6, 6.07) is 14.1. The third-order valence-electron chi connectivity index (χ3n) is 3.32. The minimum atomic E-state index is -0.164. The lowest BCUT2D eigenvalue weighted by Crippen LogP contribution is -2.28. The fraction of sp³-hybridized carbons (Fsp3) is 0.222. The lowest BCUT2D eigenvalue weighted by molar-refractivity contribution is -0.119. The van der Waals surface area contributed by atoms with Crippen molar-refractivity contribution in [1.82, 2.24) is 5.32 Å². The van der Waals surface area contributed by atoms with Crippen molar-refractivity contribution >= 4 is 52.5 Å². The lowest BCUT2D eigenvalue weighted by Gasteiger charge is -2.14. The first kappa shape index (κ1) is 19.6. The van der Waals surface area contributed by atoms with E-state index in [2.05, 4.69) is 10.6 Å². The van der Waals surface area contributed by atoms with E-state index in [9.17, 15) is 9.59 Å². The van der Waals surface area contributed by atoms with Gasteiger partial charge in [0.25, 0.3) is 0 Å². The maximum Gasteiger partial charge on any atom is 0.234 e. The summed E-state index contributed by atoms with van der Waals surface area (Å²) in [5.74, 6) is 0.111. The second kappa shape index (κ2) is 9.70. The third kappa shape index (κ3) is 6.98. The van der Waals surface area contributed by atoms with Crippen molar-refractivity contribution in [3.8, 4) is 0 Å². The Morgan fingerprint density at radius 2 is 1.68 bits per heavy atom. The molecular weight excluding hydrogens is 379 g/mol. The van der Waals surface area contributed by atoms with Crippen LogP contribution in [0.5, 0.6) is 0 Å². The Morgan fingerprint density at radius 3 is 2.36 bits per heavy atom. The molecule has 0 aromatic heterocycles. The van der Waals surface area contributed by atoms with E-state index in [4.69, 9.17) is 23.2 Å². The molecule has 1 atom stereocenters. The van der Waals surface area contributed by atoms with Crippen LogP contribution in [0.2, 0.25) is 10.0 Å². The van der Waals surface area contributed by atoms with Crippen molar-refractivity contribution in [1.29, 1.82) is 0 Å².